The molecule has 500 valence electrons. The second kappa shape index (κ2) is 27.7. The first-order chi connectivity index (χ1) is 46.4. The summed E-state index contributed by atoms with van der Waals surface area (Å²) in [6.45, 7) is 10.8. The van der Waals surface area contributed by atoms with E-state index in [0.717, 1.165) is 135 Å². The molecule has 1 aliphatic carbocycles. The van der Waals surface area contributed by atoms with Crippen molar-refractivity contribution in [3.63, 3.8) is 0 Å². The van der Waals surface area contributed by atoms with Crippen LogP contribution in [0.5, 0.6) is 0 Å². The first kappa shape index (κ1) is 65.2. The first-order valence-electron chi connectivity index (χ1n) is 34.1. The number of hydrogen-bond donors (Lipinski definition) is 5. The lowest BCUT2D eigenvalue weighted by molar-refractivity contribution is -0.135. The number of carbonyl (C=O) groups excluding carboxylic acids is 6. The van der Waals surface area contributed by atoms with E-state index in [-0.39, 0.29) is 47.5 Å². The van der Waals surface area contributed by atoms with Crippen LogP contribution < -0.4 is 16.0 Å². The minimum absolute atomic E-state index is 0.0665. The second-order valence-corrected chi connectivity index (χ2v) is 27.6. The van der Waals surface area contributed by atoms with E-state index in [4.69, 9.17) is 29.4 Å². The SMILES string of the molecule is CN1Cc2cc(-c3cnc(C4CCCC4)[nH]3)ccc2-c2ccc(C3=CN=C([C@@H]4CCCN4)C3)cc2C1=O.COC(=O)N[C@H](C(=O)N1CCC[C@H]1C1=NC=C(c2ccc3c(c2)C(=O)N(C)Cc2cc(-c4cnc([C@@H]5CCCN5C(=O)[C@@H](NC(=O)OC)C(C)C)[nH]4)ccc2-3)C1)C(C)C. The molecule has 5 atom stereocenters. The minimum Gasteiger partial charge on any atom is -0.453 e. The van der Waals surface area contributed by atoms with Gasteiger partial charge in [0.2, 0.25) is 11.8 Å². The van der Waals surface area contributed by atoms with E-state index in [9.17, 15) is 28.8 Å². The van der Waals surface area contributed by atoms with Crippen LogP contribution in [0.2, 0.25) is 0 Å². The third-order valence-electron chi connectivity index (χ3n) is 20.6. The number of imidazole rings is 2. The van der Waals surface area contributed by atoms with Crippen molar-refractivity contribution < 1.29 is 38.2 Å². The van der Waals surface area contributed by atoms with E-state index in [1.807, 2.05) is 87.4 Å². The van der Waals surface area contributed by atoms with Gasteiger partial charge in [-0.05, 0) is 161 Å². The number of benzene rings is 4. The Balaban J connectivity index is 0.000000192. The molecular formula is C75H87N13O8. The van der Waals surface area contributed by atoms with E-state index in [0.29, 0.717) is 55.9 Å². The molecule has 6 amide bonds. The van der Waals surface area contributed by atoms with Gasteiger partial charge >= 0.3 is 12.2 Å². The number of aromatic amines is 2. The number of fused-ring (bicyclic) bond motifs is 6. The van der Waals surface area contributed by atoms with E-state index in [1.165, 1.54) is 57.6 Å². The molecule has 3 saturated heterocycles. The Hall–Kier alpha value is -9.50. The summed E-state index contributed by atoms with van der Waals surface area (Å²) >= 11 is 0. The Morgan fingerprint density at radius 2 is 1.00 bits per heavy atom. The van der Waals surface area contributed by atoms with Crippen LogP contribution in [-0.2, 0) is 32.2 Å². The predicted octanol–water partition coefficient (Wildman–Crippen LogP) is 11.9. The van der Waals surface area contributed by atoms with Gasteiger partial charge in [-0.25, -0.2) is 19.6 Å². The van der Waals surface area contributed by atoms with Crippen molar-refractivity contribution in [2.24, 2.45) is 21.8 Å². The quantitative estimate of drug-likeness (QED) is 0.0686. The number of hydrogen-bond acceptors (Lipinski definition) is 13. The van der Waals surface area contributed by atoms with Crippen molar-refractivity contribution in [3.05, 3.63) is 143 Å². The molecule has 9 heterocycles. The molecule has 0 unspecified atom stereocenters. The van der Waals surface area contributed by atoms with Crippen molar-refractivity contribution in [2.75, 3.05) is 47.9 Å². The fraction of sp³-hybridized carbons (Fsp3) is 0.440. The zero-order chi connectivity index (χ0) is 67.1. The van der Waals surface area contributed by atoms with Gasteiger partial charge in [0.05, 0.1) is 50.1 Å². The number of methoxy groups -OCH3 is 2. The molecule has 6 aromatic rings. The van der Waals surface area contributed by atoms with Crippen LogP contribution >= 0.6 is 0 Å². The third-order valence-corrected chi connectivity index (χ3v) is 20.6. The van der Waals surface area contributed by atoms with E-state index >= 15 is 0 Å². The topological polar surface area (TPSA) is 252 Å². The monoisotopic (exact) mass is 1300 g/mol. The van der Waals surface area contributed by atoms with Crippen LogP contribution in [0.15, 0.2) is 108 Å². The molecule has 2 aromatic heterocycles. The Labute approximate surface area is 560 Å². The molecule has 0 radical (unpaired) electrons. The molecular weight excluding hydrogens is 1210 g/mol. The molecule has 8 aliphatic rings. The maximum Gasteiger partial charge on any atom is 0.407 e. The number of carbonyl (C=O) groups is 6. The number of ether oxygens (including phenoxy) is 2. The molecule has 4 aromatic carbocycles. The summed E-state index contributed by atoms with van der Waals surface area (Å²) in [5.74, 6) is 1.78. The lowest BCUT2D eigenvalue weighted by Crippen LogP contribution is -2.53. The smallest absolute Gasteiger partial charge is 0.407 e. The molecule has 4 fully saturated rings. The molecule has 21 nitrogen and oxygen atoms in total. The van der Waals surface area contributed by atoms with Gasteiger partial charge in [0.1, 0.15) is 23.7 Å². The fourth-order valence-corrected chi connectivity index (χ4v) is 15.3. The Bertz CT molecular complexity index is 4160. The van der Waals surface area contributed by atoms with Gasteiger partial charge in [-0.3, -0.25) is 29.2 Å². The summed E-state index contributed by atoms with van der Waals surface area (Å²) < 4.78 is 9.55. The van der Waals surface area contributed by atoms with Crippen molar-refractivity contribution in [3.8, 4) is 44.8 Å². The lowest BCUT2D eigenvalue weighted by Gasteiger charge is -2.31. The van der Waals surface area contributed by atoms with Gasteiger partial charge in [-0.15, -0.1) is 0 Å². The summed E-state index contributed by atoms with van der Waals surface area (Å²) in [5.41, 5.74) is 17.6. The number of rotatable bonds is 14. The number of nitrogens with one attached hydrogen (secondary N) is 5. The zero-order valence-electron chi connectivity index (χ0n) is 56.2. The van der Waals surface area contributed by atoms with Gasteiger partial charge in [0, 0.05) is 100 Å². The van der Waals surface area contributed by atoms with Crippen molar-refractivity contribution >= 4 is 58.4 Å². The number of likely N-dealkylation sites (tertiary alicyclic amines) is 2. The summed E-state index contributed by atoms with van der Waals surface area (Å²) in [6.07, 6.45) is 18.3. The lowest BCUT2D eigenvalue weighted by atomic mass is 9.91. The number of aromatic nitrogens is 4. The van der Waals surface area contributed by atoms with Crippen LogP contribution in [0, 0.1) is 11.8 Å². The van der Waals surface area contributed by atoms with Gasteiger partial charge < -0.3 is 55.0 Å². The van der Waals surface area contributed by atoms with Crippen LogP contribution in [0.4, 0.5) is 9.59 Å². The Morgan fingerprint density at radius 3 is 1.51 bits per heavy atom. The fourth-order valence-electron chi connectivity index (χ4n) is 15.3. The number of amides is 6. The first-order valence-corrected chi connectivity index (χ1v) is 34.1. The Morgan fingerprint density at radius 1 is 0.531 bits per heavy atom. The van der Waals surface area contributed by atoms with Crippen molar-refractivity contribution in [2.45, 2.75) is 154 Å². The van der Waals surface area contributed by atoms with Gasteiger partial charge in [-0.1, -0.05) is 89.1 Å². The minimum atomic E-state index is -0.719. The van der Waals surface area contributed by atoms with Gasteiger partial charge in [0.25, 0.3) is 11.8 Å². The summed E-state index contributed by atoms with van der Waals surface area (Å²) in [4.78, 5) is 112. The predicted molar refractivity (Wildman–Crippen MR) is 370 cm³/mol. The second-order valence-electron chi connectivity index (χ2n) is 27.6. The van der Waals surface area contributed by atoms with Gasteiger partial charge in [-0.2, -0.15) is 0 Å². The highest BCUT2D eigenvalue weighted by Gasteiger charge is 2.41. The molecule has 96 heavy (non-hydrogen) atoms. The van der Waals surface area contributed by atoms with Crippen molar-refractivity contribution in [1.29, 1.82) is 0 Å². The average Bonchev–Trinajstić information content (AvgIpc) is 1.53. The zero-order valence-corrected chi connectivity index (χ0v) is 56.2. The maximum absolute atomic E-state index is 14.0. The van der Waals surface area contributed by atoms with E-state index in [2.05, 4.69) is 74.4 Å². The standard InChI is InChI=1S/C44H54N8O7.C31H33N5O/c1-24(2)37(48-43(56)58-6)41(54)51-16-8-10-35(51)33-20-28(21-45-33)26-12-15-31-30-14-13-27(18-29(30)23-50(5)40(53)32(31)19-26)34-22-46-39(47-34)36-11-9-17-52(36)42(55)38(25(3)4)49-44(57)59-7;1-36-18-23-13-21(29-17-34-30(35-29)19-5-2-3-6-19)9-10-24(23)25-11-8-20(14-26(25)31(36)37)22-15-28(33-16-22)27-7-4-12-32-27/h12-15,18-19,21-22,24-25,35-38H,8-11,16-17,20,23H2,1-7H3,(H,46,47)(H,48,56)(H,49,57);8-11,13-14,16-17,19,27,32H,2-7,12,15,18H2,1H3,(H,34,35)/t35-,36-,37-,38-;27-/m00/s1. The average molecular weight is 1300 g/mol. The molecule has 1 saturated carbocycles. The summed E-state index contributed by atoms with van der Waals surface area (Å²) in [5, 5.41) is 8.96. The van der Waals surface area contributed by atoms with E-state index < -0.39 is 24.3 Å². The highest BCUT2D eigenvalue weighted by Crippen LogP contribution is 2.42. The highest BCUT2D eigenvalue weighted by atomic mass is 16.5. The Kier molecular flexibility index (Phi) is 18.8. The number of allylic oxidation sites excluding steroid dienone is 2. The number of aliphatic imine (C=N–C) groups is 2. The molecule has 14 rings (SSSR count). The van der Waals surface area contributed by atoms with Crippen LogP contribution in [0.25, 0.3) is 55.9 Å². The normalized spacial score (nSPS) is 20.5. The highest BCUT2D eigenvalue weighted by molar-refractivity contribution is 6.08. The summed E-state index contributed by atoms with van der Waals surface area (Å²) in [7, 11) is 6.27. The number of H-pyrrole nitrogens is 2. The molecule has 21 heteroatoms. The molecule has 5 N–H and O–H groups in total. The third kappa shape index (κ3) is 13.0. The van der Waals surface area contributed by atoms with Crippen LogP contribution in [0.1, 0.15) is 171 Å². The maximum atomic E-state index is 14.0. The summed E-state index contributed by atoms with van der Waals surface area (Å²) in [6, 6.07) is 23.6. The van der Waals surface area contributed by atoms with Crippen molar-refractivity contribution in [1.82, 2.24) is 55.5 Å². The van der Waals surface area contributed by atoms with Crippen LogP contribution in [-0.4, -0.2) is 159 Å². The van der Waals surface area contributed by atoms with E-state index in [1.54, 1.807) is 23.0 Å². The molecule has 0 bridgehead atoms. The van der Waals surface area contributed by atoms with Gasteiger partial charge in [0.15, 0.2) is 0 Å². The van der Waals surface area contributed by atoms with Crippen LogP contribution in [0.3, 0.4) is 0 Å². The molecule has 7 aliphatic heterocycles. The largest absolute Gasteiger partial charge is 0.453 e. The number of nitrogens with zero attached hydrogens (tertiary/aromatic N) is 8. The molecule has 0 spiro atoms. The number of alkyl carbamates (subject to hydrolysis) is 2.